The summed E-state index contributed by atoms with van der Waals surface area (Å²) in [5.74, 6) is 2.06. The summed E-state index contributed by atoms with van der Waals surface area (Å²) in [6.07, 6.45) is 1.94. The van der Waals surface area contributed by atoms with Crippen LogP contribution < -0.4 is 25.0 Å². The third-order valence-corrected chi connectivity index (χ3v) is 6.10. The minimum absolute atomic E-state index is 0. The average Bonchev–Trinajstić information content (AvgIpc) is 2.81. The van der Waals surface area contributed by atoms with Gasteiger partial charge in [-0.1, -0.05) is 26.0 Å². The van der Waals surface area contributed by atoms with E-state index in [1.165, 1.54) is 6.07 Å². The number of hydrogen-bond donors (Lipinski definition) is 2. The maximum Gasteiger partial charge on any atom is 0.191 e. The van der Waals surface area contributed by atoms with Crippen molar-refractivity contribution < 1.29 is 13.9 Å². The summed E-state index contributed by atoms with van der Waals surface area (Å²) in [7, 11) is 5.08. The zero-order valence-corrected chi connectivity index (χ0v) is 22.5. The molecule has 3 rings (SSSR count). The van der Waals surface area contributed by atoms with Gasteiger partial charge in [0.15, 0.2) is 17.5 Å². The van der Waals surface area contributed by atoms with E-state index in [4.69, 9.17) is 9.47 Å². The number of nitrogens with one attached hydrogen (secondary N) is 2. The Kier molecular flexibility index (Phi) is 10.1. The summed E-state index contributed by atoms with van der Waals surface area (Å²) < 4.78 is 24.3. The quantitative estimate of drug-likeness (QED) is 0.290. The number of nitrogens with zero attached hydrogens (tertiary/aromatic N) is 2. The van der Waals surface area contributed by atoms with Crippen molar-refractivity contribution in [3.63, 3.8) is 0 Å². The van der Waals surface area contributed by atoms with Crippen LogP contribution in [0.3, 0.4) is 0 Å². The van der Waals surface area contributed by atoms with Crippen molar-refractivity contribution in [2.24, 2.45) is 4.99 Å². The molecular formula is C25H36FIN4O2. The molecule has 1 saturated heterocycles. The molecule has 0 aromatic heterocycles. The molecule has 1 aliphatic rings. The van der Waals surface area contributed by atoms with Crippen LogP contribution in [0.5, 0.6) is 11.5 Å². The van der Waals surface area contributed by atoms with Gasteiger partial charge in [0.25, 0.3) is 0 Å². The second-order valence-electron chi connectivity index (χ2n) is 8.76. The van der Waals surface area contributed by atoms with E-state index in [1.54, 1.807) is 33.4 Å². The predicted octanol–water partition coefficient (Wildman–Crippen LogP) is 4.57. The molecule has 0 amide bonds. The van der Waals surface area contributed by atoms with Crippen LogP contribution in [0, 0.1) is 5.82 Å². The van der Waals surface area contributed by atoms with E-state index in [0.717, 1.165) is 54.6 Å². The highest BCUT2D eigenvalue weighted by molar-refractivity contribution is 14.0. The summed E-state index contributed by atoms with van der Waals surface area (Å²) in [6.45, 7) is 6.85. The fourth-order valence-electron chi connectivity index (χ4n) is 4.01. The number of anilines is 1. The first-order valence-corrected chi connectivity index (χ1v) is 11.1. The molecule has 1 heterocycles. The minimum atomic E-state index is -0.190. The molecule has 0 saturated carbocycles. The zero-order valence-electron chi connectivity index (χ0n) is 20.2. The van der Waals surface area contributed by atoms with E-state index in [-0.39, 0.29) is 35.2 Å². The van der Waals surface area contributed by atoms with Crippen LogP contribution in [0.2, 0.25) is 0 Å². The second kappa shape index (κ2) is 12.3. The molecule has 0 aliphatic carbocycles. The molecule has 1 fully saturated rings. The molecule has 182 valence electrons. The van der Waals surface area contributed by atoms with Gasteiger partial charge in [-0.05, 0) is 48.7 Å². The molecule has 33 heavy (non-hydrogen) atoms. The molecule has 0 spiro atoms. The summed E-state index contributed by atoms with van der Waals surface area (Å²) in [6, 6.07) is 13.2. The Morgan fingerprint density at radius 2 is 1.79 bits per heavy atom. The summed E-state index contributed by atoms with van der Waals surface area (Å²) in [4.78, 5) is 6.65. The van der Waals surface area contributed by atoms with Crippen molar-refractivity contribution in [2.75, 3.05) is 45.8 Å². The topological polar surface area (TPSA) is 58.1 Å². The zero-order chi connectivity index (χ0) is 23.1. The molecule has 6 nitrogen and oxygen atoms in total. The normalized spacial score (nSPS) is 15.0. The number of ether oxygens (including phenoxy) is 2. The van der Waals surface area contributed by atoms with Crippen molar-refractivity contribution in [1.82, 2.24) is 10.6 Å². The van der Waals surface area contributed by atoms with Gasteiger partial charge >= 0.3 is 0 Å². The molecule has 0 bridgehead atoms. The van der Waals surface area contributed by atoms with Gasteiger partial charge in [-0.25, -0.2) is 4.39 Å². The Morgan fingerprint density at radius 3 is 2.39 bits per heavy atom. The number of methoxy groups -OCH3 is 2. The number of piperidine rings is 1. The van der Waals surface area contributed by atoms with Crippen molar-refractivity contribution >= 4 is 35.6 Å². The fourth-order valence-corrected chi connectivity index (χ4v) is 4.01. The third-order valence-electron chi connectivity index (χ3n) is 6.10. The van der Waals surface area contributed by atoms with Gasteiger partial charge in [-0.3, -0.25) is 4.99 Å². The largest absolute Gasteiger partial charge is 0.493 e. The molecule has 8 heteroatoms. The van der Waals surface area contributed by atoms with Crippen molar-refractivity contribution in [3.8, 4) is 11.5 Å². The smallest absolute Gasteiger partial charge is 0.191 e. The molecule has 0 radical (unpaired) electrons. The maximum absolute atomic E-state index is 13.5. The van der Waals surface area contributed by atoms with Crippen LogP contribution in [-0.2, 0) is 5.41 Å². The van der Waals surface area contributed by atoms with E-state index in [9.17, 15) is 4.39 Å². The van der Waals surface area contributed by atoms with Crippen LogP contribution in [-0.4, -0.2) is 52.9 Å². The van der Waals surface area contributed by atoms with Crippen molar-refractivity contribution in [3.05, 3.63) is 53.8 Å². The van der Waals surface area contributed by atoms with Gasteiger partial charge in [0.2, 0.25) is 0 Å². The van der Waals surface area contributed by atoms with Crippen LogP contribution in [0.4, 0.5) is 10.1 Å². The number of aliphatic imine (C=N–C) groups is 1. The number of benzene rings is 2. The lowest BCUT2D eigenvalue weighted by molar-refractivity contribution is 0.353. The first-order chi connectivity index (χ1) is 15.4. The molecule has 1 aliphatic heterocycles. The van der Waals surface area contributed by atoms with Gasteiger partial charge in [-0.15, -0.1) is 24.0 Å². The van der Waals surface area contributed by atoms with Gasteiger partial charge in [-0.2, -0.15) is 0 Å². The van der Waals surface area contributed by atoms with Crippen LogP contribution in [0.25, 0.3) is 0 Å². The lowest BCUT2D eigenvalue weighted by atomic mass is 9.84. The standard InChI is InChI=1S/C25H35FN4O2.HI/c1-25(2,18-9-10-22(31-4)23(15-18)32-5)17-28-24(27-3)29-20-11-13-30(14-12-20)21-8-6-7-19(26)16-21;/h6-10,15-16,20H,11-14,17H2,1-5H3,(H2,27,28,29);1H. The van der Waals surface area contributed by atoms with Gasteiger partial charge in [0.05, 0.1) is 14.2 Å². The Hall–Kier alpha value is -2.23. The SMILES string of the molecule is CN=C(NCC(C)(C)c1ccc(OC)c(OC)c1)NC1CCN(c2cccc(F)c2)CC1.I. The van der Waals surface area contributed by atoms with Crippen LogP contribution in [0.15, 0.2) is 47.5 Å². The molecule has 2 aromatic rings. The summed E-state index contributed by atoms with van der Waals surface area (Å²) in [5, 5.41) is 7.02. The fraction of sp³-hybridized carbons (Fsp3) is 0.480. The van der Waals surface area contributed by atoms with Gasteiger partial charge in [0, 0.05) is 43.8 Å². The van der Waals surface area contributed by atoms with Crippen molar-refractivity contribution in [2.45, 2.75) is 38.1 Å². The Morgan fingerprint density at radius 1 is 1.09 bits per heavy atom. The molecule has 2 aromatic carbocycles. The first-order valence-electron chi connectivity index (χ1n) is 11.1. The highest BCUT2D eigenvalue weighted by Crippen LogP contribution is 2.33. The number of rotatable bonds is 7. The number of hydrogen-bond acceptors (Lipinski definition) is 4. The first kappa shape index (κ1) is 27.0. The molecule has 0 atom stereocenters. The monoisotopic (exact) mass is 570 g/mol. The number of guanidine groups is 1. The lowest BCUT2D eigenvalue weighted by Crippen LogP contribution is -2.50. The molecular weight excluding hydrogens is 534 g/mol. The second-order valence-corrected chi connectivity index (χ2v) is 8.76. The van der Waals surface area contributed by atoms with E-state index in [0.29, 0.717) is 12.6 Å². The van der Waals surface area contributed by atoms with E-state index in [1.807, 2.05) is 18.2 Å². The van der Waals surface area contributed by atoms with Crippen LogP contribution in [0.1, 0.15) is 32.3 Å². The Balaban J connectivity index is 0.00000385. The molecule has 0 unspecified atom stereocenters. The highest BCUT2D eigenvalue weighted by Gasteiger charge is 2.24. The lowest BCUT2D eigenvalue weighted by Gasteiger charge is -2.35. The highest BCUT2D eigenvalue weighted by atomic mass is 127. The molecule has 2 N–H and O–H groups in total. The van der Waals surface area contributed by atoms with E-state index >= 15 is 0 Å². The maximum atomic E-state index is 13.5. The number of halogens is 2. The van der Waals surface area contributed by atoms with E-state index in [2.05, 4.69) is 40.4 Å². The third kappa shape index (κ3) is 7.12. The van der Waals surface area contributed by atoms with Crippen molar-refractivity contribution in [1.29, 1.82) is 0 Å². The van der Waals surface area contributed by atoms with E-state index < -0.39 is 0 Å². The Labute approximate surface area is 214 Å². The predicted molar refractivity (Wildman–Crippen MR) is 144 cm³/mol. The summed E-state index contributed by atoms with van der Waals surface area (Å²) >= 11 is 0. The Bertz CT molecular complexity index is 930. The average molecular weight is 570 g/mol. The minimum Gasteiger partial charge on any atom is -0.493 e. The summed E-state index contributed by atoms with van der Waals surface area (Å²) in [5.41, 5.74) is 1.96. The van der Waals surface area contributed by atoms with Gasteiger partial charge in [0.1, 0.15) is 5.82 Å². The van der Waals surface area contributed by atoms with Gasteiger partial charge < -0.3 is 25.0 Å². The van der Waals surface area contributed by atoms with Crippen LogP contribution >= 0.6 is 24.0 Å².